The van der Waals surface area contributed by atoms with Gasteiger partial charge in [0, 0.05) is 14.1 Å². The second-order valence-corrected chi connectivity index (χ2v) is 6.12. The summed E-state index contributed by atoms with van der Waals surface area (Å²) >= 11 is 0. The Hall–Kier alpha value is -3.61. The fourth-order valence-electron chi connectivity index (χ4n) is 3.10. The molecule has 1 fully saturated rings. The van der Waals surface area contributed by atoms with E-state index in [9.17, 15) is 14.4 Å². The second kappa shape index (κ2) is 5.73. The number of carbonyl (C=O) groups is 2. The Morgan fingerprint density at radius 2 is 1.58 bits per heavy atom. The highest BCUT2D eigenvalue weighted by Crippen LogP contribution is 2.22. The monoisotopic (exact) mass is 348 g/mol. The summed E-state index contributed by atoms with van der Waals surface area (Å²) in [5, 5.41) is 1.23. The number of fused-ring (bicyclic) bond motifs is 1. The van der Waals surface area contributed by atoms with Gasteiger partial charge in [0.2, 0.25) is 0 Å². The Balaban J connectivity index is 1.75. The zero-order chi connectivity index (χ0) is 18.4. The number of aryl methyl sites for hydroxylation is 2. The first-order valence-corrected chi connectivity index (χ1v) is 8.05. The lowest BCUT2D eigenvalue weighted by atomic mass is 10.1. The van der Waals surface area contributed by atoms with Crippen LogP contribution in [-0.2, 0) is 23.7 Å². The summed E-state index contributed by atoms with van der Waals surface area (Å²) in [6, 6.07) is 14.3. The van der Waals surface area contributed by atoms with E-state index in [0.29, 0.717) is 11.3 Å². The molecule has 0 bridgehead atoms. The molecule has 1 N–H and O–H groups in total. The Morgan fingerprint density at radius 1 is 0.885 bits per heavy atom. The molecule has 1 aliphatic rings. The minimum atomic E-state index is -0.457. The average Bonchev–Trinajstić information content (AvgIpc) is 3.05. The number of hydrogen-bond donors (Lipinski definition) is 1. The number of para-hydroxylation sites is 1. The summed E-state index contributed by atoms with van der Waals surface area (Å²) in [6.07, 6.45) is 1.54. The molecule has 1 saturated heterocycles. The van der Waals surface area contributed by atoms with Gasteiger partial charge in [0.05, 0.1) is 16.7 Å². The molecule has 0 saturated carbocycles. The summed E-state index contributed by atoms with van der Waals surface area (Å²) in [5.41, 5.74) is 5.27. The van der Waals surface area contributed by atoms with Crippen LogP contribution in [0.25, 0.3) is 17.1 Å². The molecule has 7 nitrogen and oxygen atoms in total. The van der Waals surface area contributed by atoms with Crippen LogP contribution in [0.5, 0.6) is 0 Å². The van der Waals surface area contributed by atoms with Crippen molar-refractivity contribution in [3.05, 3.63) is 70.2 Å². The minimum Gasteiger partial charge on any atom is -0.295 e. The smallest absolute Gasteiger partial charge is 0.295 e. The van der Waals surface area contributed by atoms with Gasteiger partial charge in [-0.2, -0.15) is 0 Å². The second-order valence-electron chi connectivity index (χ2n) is 6.12. The molecule has 0 spiro atoms. The Labute approximate surface area is 148 Å². The third-order valence-corrected chi connectivity index (χ3v) is 4.51. The fraction of sp³-hybridized carbons (Fsp3) is 0.105. The van der Waals surface area contributed by atoms with Gasteiger partial charge in [-0.15, -0.1) is 0 Å². The van der Waals surface area contributed by atoms with Gasteiger partial charge in [-0.25, -0.2) is 9.80 Å². The average molecular weight is 348 g/mol. The molecule has 2 heterocycles. The van der Waals surface area contributed by atoms with E-state index in [2.05, 4.69) is 5.43 Å². The quantitative estimate of drug-likeness (QED) is 0.561. The molecule has 2 amide bonds. The number of rotatable bonds is 2. The number of imidazole rings is 1. The standard InChI is InChI=1S/C19H16N4O3/c1-21-15-9-8-12(11-16(15)22(2)19(21)26)10-14-17(24)20-23(18(14)25)13-6-4-3-5-7-13/h3-11H,1-2H3,(H,20,24)/b14-10+. The molecule has 7 heteroatoms. The topological polar surface area (TPSA) is 76.3 Å². The number of nitrogens with one attached hydrogen (secondary N) is 1. The maximum atomic E-state index is 12.6. The van der Waals surface area contributed by atoms with Gasteiger partial charge >= 0.3 is 5.69 Å². The van der Waals surface area contributed by atoms with Crippen molar-refractivity contribution in [2.45, 2.75) is 0 Å². The SMILES string of the molecule is Cn1c(=O)n(C)c2cc(/C=C3\C(=O)NN(c4ccccc4)C3=O)ccc21. The van der Waals surface area contributed by atoms with Crippen LogP contribution in [0.4, 0.5) is 5.69 Å². The number of carbonyl (C=O) groups excluding carboxylic acids is 2. The number of amides is 2. The van der Waals surface area contributed by atoms with Crippen molar-refractivity contribution in [1.82, 2.24) is 14.6 Å². The van der Waals surface area contributed by atoms with Gasteiger partial charge in [-0.05, 0) is 35.9 Å². The molecule has 0 unspecified atom stereocenters. The van der Waals surface area contributed by atoms with Crippen LogP contribution >= 0.6 is 0 Å². The van der Waals surface area contributed by atoms with E-state index in [1.165, 1.54) is 15.7 Å². The van der Waals surface area contributed by atoms with E-state index in [4.69, 9.17) is 0 Å². The molecule has 0 aliphatic carbocycles. The molecular weight excluding hydrogens is 332 g/mol. The number of hydrogen-bond acceptors (Lipinski definition) is 3. The molecule has 2 aromatic carbocycles. The van der Waals surface area contributed by atoms with Gasteiger partial charge in [0.1, 0.15) is 5.57 Å². The van der Waals surface area contributed by atoms with Crippen molar-refractivity contribution in [2.75, 3.05) is 5.01 Å². The van der Waals surface area contributed by atoms with Gasteiger partial charge in [0.25, 0.3) is 11.8 Å². The molecule has 1 aliphatic heterocycles. The predicted molar refractivity (Wildman–Crippen MR) is 98.2 cm³/mol. The normalized spacial score (nSPS) is 15.9. The summed E-state index contributed by atoms with van der Waals surface area (Å²) < 4.78 is 3.08. The lowest BCUT2D eigenvalue weighted by molar-refractivity contribution is -0.117. The van der Waals surface area contributed by atoms with Gasteiger partial charge in [-0.1, -0.05) is 24.3 Å². The molecule has 26 heavy (non-hydrogen) atoms. The van der Waals surface area contributed by atoms with E-state index in [1.807, 2.05) is 6.07 Å². The molecule has 130 valence electrons. The highest BCUT2D eigenvalue weighted by Gasteiger charge is 2.34. The molecule has 3 aromatic rings. The van der Waals surface area contributed by atoms with E-state index in [1.54, 1.807) is 61.1 Å². The lowest BCUT2D eigenvalue weighted by Gasteiger charge is -2.13. The third kappa shape index (κ3) is 2.33. The first-order chi connectivity index (χ1) is 12.5. The van der Waals surface area contributed by atoms with Crippen molar-refractivity contribution in [1.29, 1.82) is 0 Å². The largest absolute Gasteiger partial charge is 0.328 e. The fourth-order valence-corrected chi connectivity index (χ4v) is 3.10. The zero-order valence-corrected chi connectivity index (χ0v) is 14.3. The van der Waals surface area contributed by atoms with Crippen LogP contribution < -0.4 is 16.1 Å². The first-order valence-electron chi connectivity index (χ1n) is 8.05. The van der Waals surface area contributed by atoms with Crippen LogP contribution in [-0.4, -0.2) is 20.9 Å². The van der Waals surface area contributed by atoms with Crippen molar-refractivity contribution >= 4 is 34.6 Å². The zero-order valence-electron chi connectivity index (χ0n) is 14.3. The number of anilines is 1. The minimum absolute atomic E-state index is 0.0501. The lowest BCUT2D eigenvalue weighted by Crippen LogP contribution is -2.35. The maximum Gasteiger partial charge on any atom is 0.328 e. The van der Waals surface area contributed by atoms with E-state index in [-0.39, 0.29) is 11.3 Å². The number of benzene rings is 2. The maximum absolute atomic E-state index is 12.6. The van der Waals surface area contributed by atoms with Gasteiger partial charge in [0.15, 0.2) is 0 Å². The van der Waals surface area contributed by atoms with Crippen molar-refractivity contribution in [2.24, 2.45) is 14.1 Å². The molecule has 4 rings (SSSR count). The van der Waals surface area contributed by atoms with E-state index >= 15 is 0 Å². The molecule has 0 atom stereocenters. The molecule has 0 radical (unpaired) electrons. The predicted octanol–water partition coefficient (Wildman–Crippen LogP) is 1.34. The highest BCUT2D eigenvalue weighted by atomic mass is 16.2. The summed E-state index contributed by atoms with van der Waals surface area (Å²) in [5.74, 6) is -0.871. The Kier molecular flexibility index (Phi) is 3.50. The van der Waals surface area contributed by atoms with Crippen LogP contribution in [0.2, 0.25) is 0 Å². The van der Waals surface area contributed by atoms with Crippen molar-refractivity contribution < 1.29 is 9.59 Å². The Morgan fingerprint density at radius 3 is 2.31 bits per heavy atom. The van der Waals surface area contributed by atoms with Crippen molar-refractivity contribution in [3.8, 4) is 0 Å². The highest BCUT2D eigenvalue weighted by molar-refractivity contribution is 6.31. The van der Waals surface area contributed by atoms with E-state index < -0.39 is 11.8 Å². The van der Waals surface area contributed by atoms with Crippen LogP contribution in [0.3, 0.4) is 0 Å². The number of nitrogens with zero attached hydrogens (tertiary/aromatic N) is 3. The van der Waals surface area contributed by atoms with Crippen LogP contribution in [0, 0.1) is 0 Å². The molecular formula is C19H16N4O3. The van der Waals surface area contributed by atoms with Gasteiger partial charge < -0.3 is 0 Å². The summed E-state index contributed by atoms with van der Waals surface area (Å²) in [4.78, 5) is 36.9. The van der Waals surface area contributed by atoms with Crippen LogP contribution in [0.15, 0.2) is 58.9 Å². The van der Waals surface area contributed by atoms with Crippen molar-refractivity contribution in [3.63, 3.8) is 0 Å². The molecule has 1 aromatic heterocycles. The third-order valence-electron chi connectivity index (χ3n) is 4.51. The summed E-state index contributed by atoms with van der Waals surface area (Å²) in [6.45, 7) is 0. The number of aromatic nitrogens is 2. The van der Waals surface area contributed by atoms with E-state index in [0.717, 1.165) is 11.0 Å². The number of hydrazine groups is 1. The van der Waals surface area contributed by atoms with Gasteiger partial charge in [-0.3, -0.25) is 24.1 Å². The first kappa shape index (κ1) is 15.9. The summed E-state index contributed by atoms with van der Waals surface area (Å²) in [7, 11) is 3.39. The van der Waals surface area contributed by atoms with Crippen LogP contribution in [0.1, 0.15) is 5.56 Å². The Bertz CT molecular complexity index is 1140.